The number of rotatable bonds is 8. The highest BCUT2D eigenvalue weighted by Crippen LogP contribution is 2.36. The summed E-state index contributed by atoms with van der Waals surface area (Å²) in [7, 11) is 0. The smallest absolute Gasteiger partial charge is 0.230 e. The van der Waals surface area contributed by atoms with Crippen molar-refractivity contribution in [1.82, 2.24) is 5.32 Å². The number of nitrogens with one attached hydrogen (secondary N) is 1. The van der Waals surface area contributed by atoms with Gasteiger partial charge in [-0.05, 0) is 30.6 Å². The van der Waals surface area contributed by atoms with E-state index in [1.165, 1.54) is 0 Å². The first-order valence-electron chi connectivity index (χ1n) is 8.76. The quantitative estimate of drug-likeness (QED) is 0.685. The lowest BCUT2D eigenvalue weighted by molar-refractivity contribution is -0.134. The zero-order valence-electron chi connectivity index (χ0n) is 14.3. The van der Waals surface area contributed by atoms with E-state index >= 15 is 0 Å². The fourth-order valence-electron chi connectivity index (χ4n) is 3.27. The van der Waals surface area contributed by atoms with E-state index in [0.29, 0.717) is 17.8 Å². The Bertz CT molecular complexity index is 347. The summed E-state index contributed by atoms with van der Waals surface area (Å²) in [6.07, 6.45) is 7.70. The van der Waals surface area contributed by atoms with Crippen LogP contribution < -0.4 is 5.32 Å². The van der Waals surface area contributed by atoms with Crippen LogP contribution in [0.2, 0.25) is 0 Å². The van der Waals surface area contributed by atoms with E-state index in [1.807, 2.05) is 0 Å². The van der Waals surface area contributed by atoms with Crippen LogP contribution in [-0.2, 0) is 9.59 Å². The maximum absolute atomic E-state index is 12.5. The minimum Gasteiger partial charge on any atom is -0.355 e. The van der Waals surface area contributed by atoms with Gasteiger partial charge in [0.05, 0.1) is 5.92 Å². The van der Waals surface area contributed by atoms with Gasteiger partial charge in [0, 0.05) is 13.0 Å². The molecule has 1 rings (SSSR count). The third kappa shape index (κ3) is 5.44. The van der Waals surface area contributed by atoms with Crippen molar-refractivity contribution in [2.75, 3.05) is 6.54 Å². The topological polar surface area (TPSA) is 46.2 Å². The summed E-state index contributed by atoms with van der Waals surface area (Å²) < 4.78 is 0. The van der Waals surface area contributed by atoms with Crippen molar-refractivity contribution in [2.24, 2.45) is 17.3 Å². The molecule has 2 atom stereocenters. The largest absolute Gasteiger partial charge is 0.355 e. The maximum atomic E-state index is 12.5. The van der Waals surface area contributed by atoms with Gasteiger partial charge >= 0.3 is 0 Å². The maximum Gasteiger partial charge on any atom is 0.230 e. The first-order valence-corrected chi connectivity index (χ1v) is 8.76. The Morgan fingerprint density at radius 2 is 1.95 bits per heavy atom. The molecule has 0 aliphatic carbocycles. The number of Topliss-reactive ketones (excluding diaryl/α,β-unsaturated/α-hetero) is 1. The first kappa shape index (κ1) is 18.2. The van der Waals surface area contributed by atoms with E-state index in [1.54, 1.807) is 0 Å². The van der Waals surface area contributed by atoms with E-state index in [2.05, 4.69) is 33.0 Å². The second-order valence-electron chi connectivity index (χ2n) is 7.01. The van der Waals surface area contributed by atoms with E-state index in [4.69, 9.17) is 0 Å². The minimum absolute atomic E-state index is 0.0407. The molecule has 2 unspecified atom stereocenters. The molecule has 0 bridgehead atoms. The average Bonchev–Trinajstić information content (AvgIpc) is 2.70. The van der Waals surface area contributed by atoms with Crippen molar-refractivity contribution in [3.05, 3.63) is 0 Å². The summed E-state index contributed by atoms with van der Waals surface area (Å²) in [6, 6.07) is 0. The highest BCUT2D eigenvalue weighted by atomic mass is 16.2. The number of amides is 1. The number of carbonyl (C=O) groups excluding carboxylic acids is 2. The van der Waals surface area contributed by atoms with Gasteiger partial charge in [-0.15, -0.1) is 0 Å². The Morgan fingerprint density at radius 3 is 2.52 bits per heavy atom. The molecule has 21 heavy (non-hydrogen) atoms. The molecule has 1 heterocycles. The molecular formula is C18H33NO2. The zero-order chi connectivity index (χ0) is 15.9. The van der Waals surface area contributed by atoms with Crippen LogP contribution in [0, 0.1) is 17.3 Å². The lowest BCUT2D eigenvalue weighted by Crippen LogP contribution is -2.34. The number of hydrogen-bond acceptors (Lipinski definition) is 2. The van der Waals surface area contributed by atoms with Gasteiger partial charge in [0.2, 0.25) is 5.91 Å². The second-order valence-corrected chi connectivity index (χ2v) is 7.01. The second kappa shape index (κ2) is 8.55. The van der Waals surface area contributed by atoms with Crippen LogP contribution in [0.25, 0.3) is 0 Å². The van der Waals surface area contributed by atoms with Crippen molar-refractivity contribution in [1.29, 1.82) is 0 Å². The molecule has 0 aromatic heterocycles. The summed E-state index contributed by atoms with van der Waals surface area (Å²) in [4.78, 5) is 24.5. The van der Waals surface area contributed by atoms with Crippen molar-refractivity contribution >= 4 is 11.7 Å². The first-order chi connectivity index (χ1) is 9.95. The Kier molecular flexibility index (Phi) is 7.41. The van der Waals surface area contributed by atoms with Crippen molar-refractivity contribution in [3.63, 3.8) is 0 Å². The minimum atomic E-state index is -0.393. The summed E-state index contributed by atoms with van der Waals surface area (Å²) in [5.41, 5.74) is 0.326. The Morgan fingerprint density at radius 1 is 1.29 bits per heavy atom. The van der Waals surface area contributed by atoms with Crippen LogP contribution >= 0.6 is 0 Å². The zero-order valence-corrected chi connectivity index (χ0v) is 14.3. The molecule has 3 nitrogen and oxygen atoms in total. The molecule has 0 spiro atoms. The number of ketones is 1. The fourth-order valence-corrected chi connectivity index (χ4v) is 3.27. The fraction of sp³-hybridized carbons (Fsp3) is 0.889. The molecule has 1 aliphatic heterocycles. The average molecular weight is 295 g/mol. The summed E-state index contributed by atoms with van der Waals surface area (Å²) in [6.45, 7) is 9.67. The molecule has 1 fully saturated rings. The molecule has 1 N–H and O–H groups in total. The predicted octanol–water partition coefficient (Wildman–Crippen LogP) is 4.10. The molecular weight excluding hydrogens is 262 g/mol. The van der Waals surface area contributed by atoms with Crippen LogP contribution in [0.4, 0.5) is 0 Å². The van der Waals surface area contributed by atoms with Gasteiger partial charge in [0.15, 0.2) is 0 Å². The monoisotopic (exact) mass is 295 g/mol. The molecule has 0 aromatic rings. The SMILES string of the molecule is CCC(CC(=O)C1CCCCNC1=O)CC(C)(CC)CC. The van der Waals surface area contributed by atoms with Gasteiger partial charge in [0.25, 0.3) is 0 Å². The van der Waals surface area contributed by atoms with Gasteiger partial charge in [0.1, 0.15) is 5.78 Å². The van der Waals surface area contributed by atoms with Crippen LogP contribution in [0.15, 0.2) is 0 Å². The van der Waals surface area contributed by atoms with Crippen molar-refractivity contribution < 1.29 is 9.59 Å². The van der Waals surface area contributed by atoms with E-state index in [9.17, 15) is 9.59 Å². The standard InChI is InChI=1S/C18H33NO2/c1-5-14(13-18(4,6-2)7-3)12-16(20)15-10-8-9-11-19-17(15)21/h14-15H,5-13H2,1-4H3,(H,19,21). The van der Waals surface area contributed by atoms with Gasteiger partial charge in [-0.3, -0.25) is 9.59 Å². The van der Waals surface area contributed by atoms with Crippen LogP contribution in [-0.4, -0.2) is 18.2 Å². The molecule has 0 saturated carbocycles. The number of hydrogen-bond donors (Lipinski definition) is 1. The number of carbonyl (C=O) groups is 2. The lowest BCUT2D eigenvalue weighted by Gasteiger charge is -2.31. The molecule has 122 valence electrons. The van der Waals surface area contributed by atoms with E-state index in [0.717, 1.165) is 51.5 Å². The molecule has 0 radical (unpaired) electrons. The molecule has 0 aromatic carbocycles. The third-order valence-electron chi connectivity index (χ3n) is 5.48. The third-order valence-corrected chi connectivity index (χ3v) is 5.48. The molecule has 1 amide bonds. The van der Waals surface area contributed by atoms with Crippen molar-refractivity contribution in [2.45, 2.75) is 79.1 Å². The molecule has 1 saturated heterocycles. The predicted molar refractivity (Wildman–Crippen MR) is 87.1 cm³/mol. The van der Waals surface area contributed by atoms with Gasteiger partial charge < -0.3 is 5.32 Å². The molecule has 1 aliphatic rings. The van der Waals surface area contributed by atoms with E-state index < -0.39 is 5.92 Å². The Balaban J connectivity index is 2.63. The molecule has 3 heteroatoms. The lowest BCUT2D eigenvalue weighted by atomic mass is 9.74. The van der Waals surface area contributed by atoms with Crippen LogP contribution in [0.1, 0.15) is 79.1 Å². The van der Waals surface area contributed by atoms with Gasteiger partial charge in [-0.1, -0.05) is 53.4 Å². The van der Waals surface area contributed by atoms with Crippen LogP contribution in [0.5, 0.6) is 0 Å². The highest BCUT2D eigenvalue weighted by molar-refractivity contribution is 6.01. The van der Waals surface area contributed by atoms with Crippen molar-refractivity contribution in [3.8, 4) is 0 Å². The van der Waals surface area contributed by atoms with Gasteiger partial charge in [-0.2, -0.15) is 0 Å². The summed E-state index contributed by atoms with van der Waals surface area (Å²) in [5.74, 6) is 0.145. The van der Waals surface area contributed by atoms with Gasteiger partial charge in [-0.25, -0.2) is 0 Å². The normalized spacial score (nSPS) is 21.5. The van der Waals surface area contributed by atoms with E-state index in [-0.39, 0.29) is 11.7 Å². The van der Waals surface area contributed by atoms with Crippen LogP contribution in [0.3, 0.4) is 0 Å². The highest BCUT2D eigenvalue weighted by Gasteiger charge is 2.31. The summed E-state index contributed by atoms with van der Waals surface area (Å²) >= 11 is 0. The Hall–Kier alpha value is -0.860. The Labute approximate surface area is 130 Å². The summed E-state index contributed by atoms with van der Waals surface area (Å²) in [5, 5.41) is 2.88.